The van der Waals surface area contributed by atoms with Crippen molar-refractivity contribution in [3.63, 3.8) is 0 Å². The van der Waals surface area contributed by atoms with Crippen LogP contribution in [0.25, 0.3) is 0 Å². The van der Waals surface area contributed by atoms with Gasteiger partial charge in [-0.15, -0.1) is 0 Å². The summed E-state index contributed by atoms with van der Waals surface area (Å²) in [5.41, 5.74) is 7.11. The Labute approximate surface area is 117 Å². The molecule has 0 bridgehead atoms. The topological polar surface area (TPSA) is 79.9 Å². The van der Waals surface area contributed by atoms with Gasteiger partial charge in [0.15, 0.2) is 5.84 Å². The molecule has 4 N–H and O–H groups in total. The van der Waals surface area contributed by atoms with Gasteiger partial charge in [-0.05, 0) is 24.5 Å². The third kappa shape index (κ3) is 3.83. The fourth-order valence-electron chi connectivity index (χ4n) is 2.06. The fourth-order valence-corrected chi connectivity index (χ4v) is 2.31. The molecule has 0 saturated carbocycles. The monoisotopic (exact) mass is 283 g/mol. The van der Waals surface area contributed by atoms with Crippen molar-refractivity contribution in [1.29, 1.82) is 0 Å². The summed E-state index contributed by atoms with van der Waals surface area (Å²) in [6.45, 7) is 2.29. The smallest absolute Gasteiger partial charge is 0.170 e. The molecule has 0 aromatic heterocycles. The zero-order valence-corrected chi connectivity index (χ0v) is 11.4. The molecule has 0 radical (unpaired) electrons. The lowest BCUT2D eigenvalue weighted by Crippen LogP contribution is -2.36. The van der Waals surface area contributed by atoms with Gasteiger partial charge >= 0.3 is 0 Å². The molecule has 1 aliphatic rings. The minimum atomic E-state index is 0.0575. The van der Waals surface area contributed by atoms with E-state index in [4.69, 9.17) is 27.3 Å². The van der Waals surface area contributed by atoms with Crippen LogP contribution in [0.1, 0.15) is 24.0 Å². The molecule has 0 amide bonds. The summed E-state index contributed by atoms with van der Waals surface area (Å²) in [4.78, 5) is 0. The van der Waals surface area contributed by atoms with Crippen molar-refractivity contribution in [3.05, 3.63) is 34.3 Å². The maximum Gasteiger partial charge on any atom is 0.170 e. The largest absolute Gasteiger partial charge is 0.409 e. The van der Waals surface area contributed by atoms with Crippen LogP contribution in [0.2, 0.25) is 5.02 Å². The molecule has 1 aliphatic heterocycles. The first-order valence-corrected chi connectivity index (χ1v) is 6.66. The number of oxime groups is 1. The van der Waals surface area contributed by atoms with E-state index in [1.165, 1.54) is 0 Å². The number of nitrogens with one attached hydrogen (secondary N) is 1. The average Bonchev–Trinajstić information content (AvgIpc) is 2.46. The summed E-state index contributed by atoms with van der Waals surface area (Å²) >= 11 is 6.18. The van der Waals surface area contributed by atoms with E-state index in [9.17, 15) is 0 Å². The molecule has 0 spiro atoms. The number of benzene rings is 1. The molecule has 1 atom stereocenters. The highest BCUT2D eigenvalue weighted by Crippen LogP contribution is 2.18. The Morgan fingerprint density at radius 2 is 2.42 bits per heavy atom. The van der Waals surface area contributed by atoms with Gasteiger partial charge in [0, 0.05) is 29.8 Å². The molecule has 1 aromatic rings. The fraction of sp³-hybridized carbons (Fsp3) is 0.462. The van der Waals surface area contributed by atoms with E-state index in [0.717, 1.165) is 31.6 Å². The Kier molecular flexibility index (Phi) is 5.01. The SMILES string of the molecule is N/C(=N/O)c1ccc(CNC2CCCOC2)c(Cl)c1. The van der Waals surface area contributed by atoms with Crippen LogP contribution >= 0.6 is 11.6 Å². The van der Waals surface area contributed by atoms with Crippen LogP contribution in [0.3, 0.4) is 0 Å². The second kappa shape index (κ2) is 6.75. The van der Waals surface area contributed by atoms with Crippen LogP contribution < -0.4 is 11.1 Å². The van der Waals surface area contributed by atoms with Crippen LogP contribution in [-0.4, -0.2) is 30.3 Å². The van der Waals surface area contributed by atoms with E-state index in [1.54, 1.807) is 12.1 Å². The third-order valence-corrected chi connectivity index (χ3v) is 3.55. The first-order valence-electron chi connectivity index (χ1n) is 6.28. The minimum Gasteiger partial charge on any atom is -0.409 e. The number of amidine groups is 1. The predicted octanol–water partition coefficient (Wildman–Crippen LogP) is 1.70. The van der Waals surface area contributed by atoms with Crippen LogP contribution in [-0.2, 0) is 11.3 Å². The Hall–Kier alpha value is -1.30. The minimum absolute atomic E-state index is 0.0575. The van der Waals surface area contributed by atoms with Crippen molar-refractivity contribution < 1.29 is 9.94 Å². The first-order chi connectivity index (χ1) is 9.20. The molecular weight excluding hydrogens is 266 g/mol. The Bertz CT molecular complexity index is 459. The molecule has 1 unspecified atom stereocenters. The van der Waals surface area contributed by atoms with Crippen LogP contribution in [0.4, 0.5) is 0 Å². The zero-order chi connectivity index (χ0) is 13.7. The number of ether oxygens (including phenoxy) is 1. The highest BCUT2D eigenvalue weighted by atomic mass is 35.5. The summed E-state index contributed by atoms with van der Waals surface area (Å²) in [5.74, 6) is 0.0575. The lowest BCUT2D eigenvalue weighted by Gasteiger charge is -2.23. The molecule has 104 valence electrons. The molecule has 5 nitrogen and oxygen atoms in total. The maximum atomic E-state index is 8.62. The van der Waals surface area contributed by atoms with Gasteiger partial charge < -0.3 is 21.0 Å². The standard InChI is InChI=1S/C13H18ClN3O2/c14-12-6-9(13(15)17-18)3-4-10(12)7-16-11-2-1-5-19-8-11/h3-4,6,11,16,18H,1-2,5,7-8H2,(H2,15,17). The van der Waals surface area contributed by atoms with Crippen molar-refractivity contribution in [2.24, 2.45) is 10.9 Å². The number of halogens is 1. The van der Waals surface area contributed by atoms with Crippen molar-refractivity contribution in [2.45, 2.75) is 25.4 Å². The number of nitrogens with two attached hydrogens (primary N) is 1. The summed E-state index contributed by atoms with van der Waals surface area (Å²) in [5, 5.41) is 15.6. The molecular formula is C13H18ClN3O2. The van der Waals surface area contributed by atoms with Crippen LogP contribution in [0, 0.1) is 0 Å². The van der Waals surface area contributed by atoms with E-state index in [-0.39, 0.29) is 5.84 Å². The van der Waals surface area contributed by atoms with Gasteiger partial charge in [-0.25, -0.2) is 0 Å². The predicted molar refractivity (Wildman–Crippen MR) is 74.6 cm³/mol. The lowest BCUT2D eigenvalue weighted by atomic mass is 10.1. The van der Waals surface area contributed by atoms with Gasteiger partial charge in [-0.1, -0.05) is 28.9 Å². The van der Waals surface area contributed by atoms with Crippen LogP contribution in [0.5, 0.6) is 0 Å². The van der Waals surface area contributed by atoms with E-state index in [0.29, 0.717) is 23.2 Å². The lowest BCUT2D eigenvalue weighted by molar-refractivity contribution is 0.0699. The number of rotatable bonds is 4. The van der Waals surface area contributed by atoms with Crippen LogP contribution in [0.15, 0.2) is 23.4 Å². The highest BCUT2D eigenvalue weighted by molar-refractivity contribution is 6.31. The molecule has 1 fully saturated rings. The van der Waals surface area contributed by atoms with E-state index < -0.39 is 0 Å². The third-order valence-electron chi connectivity index (χ3n) is 3.20. The zero-order valence-electron chi connectivity index (χ0n) is 10.6. The van der Waals surface area contributed by atoms with Gasteiger partial charge in [0.2, 0.25) is 0 Å². The molecule has 19 heavy (non-hydrogen) atoms. The molecule has 1 saturated heterocycles. The quantitative estimate of drug-likeness (QED) is 0.340. The van der Waals surface area contributed by atoms with Crippen molar-refractivity contribution in [1.82, 2.24) is 5.32 Å². The summed E-state index contributed by atoms with van der Waals surface area (Å²) in [6, 6.07) is 5.75. The van der Waals surface area contributed by atoms with Gasteiger partial charge in [0.1, 0.15) is 0 Å². The molecule has 1 aromatic carbocycles. The van der Waals surface area contributed by atoms with E-state index in [2.05, 4.69) is 10.5 Å². The second-order valence-electron chi connectivity index (χ2n) is 4.59. The van der Waals surface area contributed by atoms with Crippen molar-refractivity contribution >= 4 is 17.4 Å². The maximum absolute atomic E-state index is 8.62. The Morgan fingerprint density at radius 1 is 1.58 bits per heavy atom. The Balaban J connectivity index is 1.97. The van der Waals surface area contributed by atoms with Gasteiger partial charge in [-0.2, -0.15) is 0 Å². The molecule has 1 heterocycles. The summed E-state index contributed by atoms with van der Waals surface area (Å²) in [7, 11) is 0. The van der Waals surface area contributed by atoms with Crippen molar-refractivity contribution in [3.8, 4) is 0 Å². The second-order valence-corrected chi connectivity index (χ2v) is 4.99. The molecule has 6 heteroatoms. The molecule has 0 aliphatic carbocycles. The Morgan fingerprint density at radius 3 is 3.05 bits per heavy atom. The number of hydrogen-bond donors (Lipinski definition) is 3. The highest BCUT2D eigenvalue weighted by Gasteiger charge is 2.13. The van der Waals surface area contributed by atoms with Crippen molar-refractivity contribution in [2.75, 3.05) is 13.2 Å². The first kappa shape index (κ1) is 14.1. The van der Waals surface area contributed by atoms with Gasteiger partial charge in [0.25, 0.3) is 0 Å². The van der Waals surface area contributed by atoms with Gasteiger partial charge in [-0.3, -0.25) is 0 Å². The summed E-state index contributed by atoms with van der Waals surface area (Å²) in [6.07, 6.45) is 2.22. The summed E-state index contributed by atoms with van der Waals surface area (Å²) < 4.78 is 5.41. The van der Waals surface area contributed by atoms with Gasteiger partial charge in [0.05, 0.1) is 6.61 Å². The average molecular weight is 284 g/mol. The molecule has 2 rings (SSSR count). The number of nitrogens with zero attached hydrogens (tertiary/aromatic N) is 1. The van der Waals surface area contributed by atoms with E-state index >= 15 is 0 Å². The van der Waals surface area contributed by atoms with E-state index in [1.807, 2.05) is 6.07 Å². The normalized spacial score (nSPS) is 20.5. The number of hydrogen-bond acceptors (Lipinski definition) is 4.